The Morgan fingerprint density at radius 3 is 2.57 bits per heavy atom. The molecule has 1 spiro atoms. The van der Waals surface area contributed by atoms with E-state index in [1.165, 1.54) is 44.1 Å². The maximum atomic E-state index is 9.16. The van der Waals surface area contributed by atoms with Crippen molar-refractivity contribution in [2.45, 2.75) is 39.0 Å². The number of aliphatic hydroxyl groups excluding tert-OH is 1. The Morgan fingerprint density at radius 1 is 1.00 bits per heavy atom. The van der Waals surface area contributed by atoms with Crippen molar-refractivity contribution in [2.75, 3.05) is 53.1 Å². The number of hydrogen-bond acceptors (Lipinski definition) is 9. The van der Waals surface area contributed by atoms with Gasteiger partial charge in [-0.15, -0.1) is 5.10 Å². The van der Waals surface area contributed by atoms with E-state index in [9.17, 15) is 0 Å². The van der Waals surface area contributed by atoms with Crippen LogP contribution in [0.25, 0.3) is 17.1 Å². The Balaban J connectivity index is 1.18. The third-order valence-corrected chi connectivity index (χ3v) is 9.35. The lowest BCUT2D eigenvalue weighted by molar-refractivity contribution is 0.322. The highest BCUT2D eigenvalue weighted by Crippen LogP contribution is 2.54. The second-order valence-corrected chi connectivity index (χ2v) is 12.2. The molecule has 0 amide bonds. The summed E-state index contributed by atoms with van der Waals surface area (Å²) in [5.41, 5.74) is 6.37. The van der Waals surface area contributed by atoms with E-state index in [0.29, 0.717) is 11.2 Å². The van der Waals surface area contributed by atoms with Crippen LogP contribution in [0.15, 0.2) is 30.5 Å². The van der Waals surface area contributed by atoms with Crippen LogP contribution in [0, 0.1) is 24.2 Å². The van der Waals surface area contributed by atoms with E-state index in [4.69, 9.17) is 15.1 Å². The molecular weight excluding hydrogens is 484 g/mol. The highest BCUT2D eigenvalue weighted by Gasteiger charge is 2.46. The van der Waals surface area contributed by atoms with Crippen molar-refractivity contribution in [3.8, 4) is 17.1 Å². The maximum absolute atomic E-state index is 9.16. The van der Waals surface area contributed by atoms with Gasteiger partial charge in [-0.05, 0) is 80.5 Å². The maximum Gasteiger partial charge on any atom is 0.226 e. The summed E-state index contributed by atoms with van der Waals surface area (Å²) in [6.07, 6.45) is 8.64. The van der Waals surface area contributed by atoms with E-state index in [2.05, 4.69) is 43.0 Å². The normalized spacial score (nSPS) is 23.4. The molecule has 2 unspecified atom stereocenters. The second-order valence-electron chi connectivity index (χ2n) is 11.3. The summed E-state index contributed by atoms with van der Waals surface area (Å²) >= 11 is 1.52. The van der Waals surface area contributed by atoms with Gasteiger partial charge in [0.25, 0.3) is 0 Å². The Kier molecular flexibility index (Phi) is 5.77. The molecule has 7 rings (SSSR count). The van der Waals surface area contributed by atoms with Crippen molar-refractivity contribution in [3.05, 3.63) is 36.2 Å². The molecule has 9 nitrogen and oxygen atoms in total. The zero-order valence-electron chi connectivity index (χ0n) is 21.3. The van der Waals surface area contributed by atoms with Gasteiger partial charge in [0.05, 0.1) is 29.9 Å². The minimum atomic E-state index is 0.154. The first-order valence-electron chi connectivity index (χ1n) is 13.5. The van der Waals surface area contributed by atoms with Gasteiger partial charge >= 0.3 is 0 Å². The molecule has 194 valence electrons. The first-order chi connectivity index (χ1) is 18.1. The van der Waals surface area contributed by atoms with Crippen LogP contribution in [0.5, 0.6) is 0 Å². The summed E-state index contributed by atoms with van der Waals surface area (Å²) in [4.78, 5) is 14.4. The van der Waals surface area contributed by atoms with Crippen molar-refractivity contribution in [3.63, 3.8) is 0 Å². The number of fused-ring (bicyclic) bond motifs is 1. The standard InChI is InChI=1S/C27H34N8OS/c1-18-12-22(29-26(28-18)34-15-19-13-20(19)16-34)23-17-35(32-30-23)24-3-2-21(31-37-11-10-36)14-25(24)33-8-6-27(4-5-27)7-9-33/h2-3,12,14,17,19-20,31,36H,4-11,13,15-16H2,1H3. The van der Waals surface area contributed by atoms with Crippen LogP contribution in [0.4, 0.5) is 17.3 Å². The van der Waals surface area contributed by atoms with Crippen molar-refractivity contribution in [1.82, 2.24) is 25.0 Å². The molecule has 4 aliphatic rings. The molecule has 2 saturated heterocycles. The van der Waals surface area contributed by atoms with Gasteiger partial charge in [-0.1, -0.05) is 17.2 Å². The number of benzene rings is 1. The van der Waals surface area contributed by atoms with Crippen LogP contribution in [0.2, 0.25) is 0 Å². The Morgan fingerprint density at radius 2 is 1.81 bits per heavy atom. The fraction of sp³-hybridized carbons (Fsp3) is 0.556. The third kappa shape index (κ3) is 4.65. The summed E-state index contributed by atoms with van der Waals surface area (Å²) in [6, 6.07) is 8.39. The minimum absolute atomic E-state index is 0.154. The van der Waals surface area contributed by atoms with Gasteiger partial charge < -0.3 is 19.6 Å². The average molecular weight is 519 g/mol. The van der Waals surface area contributed by atoms with E-state index >= 15 is 0 Å². The van der Waals surface area contributed by atoms with Crippen LogP contribution in [-0.2, 0) is 0 Å². The third-order valence-electron chi connectivity index (χ3n) is 8.59. The molecule has 2 aromatic heterocycles. The fourth-order valence-corrected chi connectivity index (χ4v) is 6.49. The number of aliphatic hydroxyl groups is 1. The summed E-state index contributed by atoms with van der Waals surface area (Å²) in [6.45, 7) is 6.44. The van der Waals surface area contributed by atoms with Gasteiger partial charge in [0.15, 0.2) is 0 Å². The predicted molar refractivity (Wildman–Crippen MR) is 147 cm³/mol. The summed E-state index contributed by atoms with van der Waals surface area (Å²) in [5.74, 6) is 3.12. The molecule has 2 saturated carbocycles. The zero-order chi connectivity index (χ0) is 25.0. The largest absolute Gasteiger partial charge is 0.395 e. The molecule has 0 bridgehead atoms. The topological polar surface area (TPSA) is 95.2 Å². The van der Waals surface area contributed by atoms with Crippen LogP contribution in [-0.4, -0.2) is 68.6 Å². The van der Waals surface area contributed by atoms with Crippen molar-refractivity contribution in [2.24, 2.45) is 17.3 Å². The Hall–Kier alpha value is -2.85. The lowest BCUT2D eigenvalue weighted by Crippen LogP contribution is -2.35. The number of piperidine rings is 2. The van der Waals surface area contributed by atoms with E-state index in [0.717, 1.165) is 78.1 Å². The smallest absolute Gasteiger partial charge is 0.226 e. The van der Waals surface area contributed by atoms with Gasteiger partial charge in [0, 0.05) is 43.3 Å². The highest BCUT2D eigenvalue weighted by atomic mass is 32.2. The molecule has 2 atom stereocenters. The first kappa shape index (κ1) is 23.3. The average Bonchev–Trinajstić information content (AvgIpc) is 3.72. The number of hydrogen-bond donors (Lipinski definition) is 2. The van der Waals surface area contributed by atoms with Gasteiger partial charge in [0.2, 0.25) is 5.95 Å². The van der Waals surface area contributed by atoms with Crippen molar-refractivity contribution in [1.29, 1.82) is 0 Å². The molecule has 10 heteroatoms. The molecule has 0 radical (unpaired) electrons. The molecular formula is C27H34N8OS. The van der Waals surface area contributed by atoms with Crippen molar-refractivity contribution < 1.29 is 5.11 Å². The predicted octanol–water partition coefficient (Wildman–Crippen LogP) is 3.92. The van der Waals surface area contributed by atoms with Gasteiger partial charge in [-0.3, -0.25) is 0 Å². The van der Waals surface area contributed by atoms with Crippen LogP contribution in [0.3, 0.4) is 0 Å². The van der Waals surface area contributed by atoms with E-state index in [1.807, 2.05) is 23.9 Å². The van der Waals surface area contributed by atoms with E-state index < -0.39 is 0 Å². The lowest BCUT2D eigenvalue weighted by Gasteiger charge is -2.35. The van der Waals surface area contributed by atoms with Crippen LogP contribution in [0.1, 0.15) is 37.8 Å². The SMILES string of the molecule is Cc1cc(-c2cn(-c3ccc(NSCCO)cc3N3CCC4(CC3)CC4)nn2)nc(N2CC3CC3C2)n1. The Labute approximate surface area is 221 Å². The lowest BCUT2D eigenvalue weighted by atomic mass is 9.93. The quantitative estimate of drug-likeness (QED) is 0.340. The van der Waals surface area contributed by atoms with E-state index in [1.54, 1.807) is 0 Å². The van der Waals surface area contributed by atoms with Gasteiger partial charge in [0.1, 0.15) is 5.69 Å². The molecule has 3 aromatic rings. The van der Waals surface area contributed by atoms with Gasteiger partial charge in [-0.25, -0.2) is 14.6 Å². The Bertz CT molecular complexity index is 1290. The monoisotopic (exact) mass is 518 g/mol. The number of nitrogens with zero attached hydrogens (tertiary/aromatic N) is 7. The number of anilines is 3. The molecule has 4 fully saturated rings. The number of aromatic nitrogens is 5. The van der Waals surface area contributed by atoms with Crippen molar-refractivity contribution >= 4 is 29.3 Å². The zero-order valence-corrected chi connectivity index (χ0v) is 22.1. The molecule has 4 heterocycles. The van der Waals surface area contributed by atoms with Crippen LogP contribution >= 0.6 is 11.9 Å². The summed E-state index contributed by atoms with van der Waals surface area (Å²) in [7, 11) is 0. The summed E-state index contributed by atoms with van der Waals surface area (Å²) < 4.78 is 5.26. The number of rotatable bonds is 8. The number of nitrogens with one attached hydrogen (secondary N) is 1. The molecule has 2 N–H and O–H groups in total. The molecule has 2 aliphatic heterocycles. The minimum Gasteiger partial charge on any atom is -0.395 e. The summed E-state index contributed by atoms with van der Waals surface area (Å²) in [5, 5.41) is 18.2. The second kappa shape index (κ2) is 9.16. The van der Waals surface area contributed by atoms with Gasteiger partial charge in [-0.2, -0.15) is 0 Å². The fourth-order valence-electron chi connectivity index (χ4n) is 6.00. The first-order valence-corrected chi connectivity index (χ1v) is 14.5. The number of aryl methyl sites for hydroxylation is 1. The molecule has 2 aliphatic carbocycles. The highest BCUT2D eigenvalue weighted by molar-refractivity contribution is 8.00. The molecule has 1 aromatic carbocycles. The van der Waals surface area contributed by atoms with E-state index in [-0.39, 0.29) is 6.61 Å². The molecule has 37 heavy (non-hydrogen) atoms. The van der Waals surface area contributed by atoms with Crippen LogP contribution < -0.4 is 14.5 Å².